The van der Waals surface area contributed by atoms with Crippen LogP contribution in [0.15, 0.2) is 78.9 Å². The van der Waals surface area contributed by atoms with Crippen molar-refractivity contribution >= 4 is 70.0 Å². The van der Waals surface area contributed by atoms with E-state index >= 15 is 4.39 Å². The highest BCUT2D eigenvalue weighted by atomic mass is 35.5. The molecule has 3 fully saturated rings. The molecule has 5 aliphatic rings. The van der Waals surface area contributed by atoms with Gasteiger partial charge in [0.25, 0.3) is 11.8 Å². The third-order valence-electron chi connectivity index (χ3n) is 13.7. The fraction of sp³-hybridized carbons (Fsp3) is 0.375. The van der Waals surface area contributed by atoms with Gasteiger partial charge in [0.2, 0.25) is 23.6 Å². The number of hydrogen-bond acceptors (Lipinski definition) is 8. The number of rotatable bonds is 12. The third kappa shape index (κ3) is 7.63. The maximum Gasteiger partial charge on any atom is 0.255 e. The number of benzene rings is 4. The van der Waals surface area contributed by atoms with Gasteiger partial charge in [0.1, 0.15) is 17.3 Å². The van der Waals surface area contributed by atoms with Gasteiger partial charge >= 0.3 is 0 Å². The summed E-state index contributed by atoms with van der Waals surface area (Å²) in [5.41, 5.74) is 2.36. The summed E-state index contributed by atoms with van der Waals surface area (Å²) >= 11 is 12.8. The molecule has 5 N–H and O–H groups in total. The highest BCUT2D eigenvalue weighted by Crippen LogP contribution is 2.63. The molecular formula is C48H47Cl2FN6O7. The lowest BCUT2D eigenvalue weighted by Gasteiger charge is -2.47. The summed E-state index contributed by atoms with van der Waals surface area (Å²) in [7, 11) is 0. The van der Waals surface area contributed by atoms with Gasteiger partial charge in [-0.05, 0) is 103 Å². The molecule has 1 saturated carbocycles. The molecule has 0 bridgehead atoms. The van der Waals surface area contributed by atoms with Crippen LogP contribution in [0.5, 0.6) is 0 Å². The number of ether oxygens (including phenoxy) is 1. The maximum absolute atomic E-state index is 16.2. The minimum atomic E-state index is -1.36. The van der Waals surface area contributed by atoms with Gasteiger partial charge in [0, 0.05) is 65.1 Å². The second kappa shape index (κ2) is 17.7. The Morgan fingerprint density at radius 3 is 2.47 bits per heavy atom. The van der Waals surface area contributed by atoms with Gasteiger partial charge in [-0.2, -0.15) is 0 Å². The predicted octanol–water partition coefficient (Wildman–Crippen LogP) is 6.56. The molecule has 4 aromatic rings. The summed E-state index contributed by atoms with van der Waals surface area (Å²) in [6.07, 6.45) is 5.61. The number of anilines is 2. The van der Waals surface area contributed by atoms with Gasteiger partial charge < -0.3 is 25.6 Å². The number of piperidine rings is 1. The molecule has 0 aromatic heterocycles. The van der Waals surface area contributed by atoms with Gasteiger partial charge in [-0.1, -0.05) is 72.8 Å². The molecule has 1 aliphatic carbocycles. The van der Waals surface area contributed by atoms with E-state index in [0.29, 0.717) is 78.3 Å². The van der Waals surface area contributed by atoms with Crippen LogP contribution in [0.3, 0.4) is 0 Å². The molecule has 2 spiro atoms. The molecule has 4 atom stereocenters. The SMILES string of the molecule is O=C1CCC(N2Cc3c(CCCOCCNC(=O)c4ccc(NC(=O)[C@@H]5NC6(CCCCC6)[C@@]6(C(=O)Nc7cc(Cl)ccc76)[C@H]5c5cccc(Cl)c5F)cc4)cccc3C2=O)C(=O)N1. The number of fused-ring (bicyclic) bond motifs is 4. The van der Waals surface area contributed by atoms with E-state index in [-0.39, 0.29) is 53.8 Å². The fourth-order valence-electron chi connectivity index (χ4n) is 10.8. The monoisotopic (exact) mass is 908 g/mol. The van der Waals surface area contributed by atoms with Gasteiger partial charge in [-0.3, -0.25) is 39.4 Å². The van der Waals surface area contributed by atoms with Crippen LogP contribution in [0.1, 0.15) is 100 Å². The summed E-state index contributed by atoms with van der Waals surface area (Å²) in [4.78, 5) is 81.0. The zero-order valence-electron chi connectivity index (χ0n) is 34.9. The smallest absolute Gasteiger partial charge is 0.255 e. The van der Waals surface area contributed by atoms with Crippen molar-refractivity contribution in [1.82, 2.24) is 20.9 Å². The van der Waals surface area contributed by atoms with Crippen molar-refractivity contribution in [2.75, 3.05) is 30.4 Å². The molecule has 6 amide bonds. The minimum absolute atomic E-state index is 0.111. The lowest BCUT2D eigenvalue weighted by Crippen LogP contribution is -2.60. The van der Waals surface area contributed by atoms with Crippen LogP contribution in [-0.4, -0.2) is 77.7 Å². The largest absolute Gasteiger partial charge is 0.380 e. The predicted molar refractivity (Wildman–Crippen MR) is 238 cm³/mol. The molecule has 9 rings (SSSR count). The van der Waals surface area contributed by atoms with E-state index in [1.165, 1.54) is 6.07 Å². The average molecular weight is 910 g/mol. The molecular weight excluding hydrogens is 862 g/mol. The molecule has 16 heteroatoms. The zero-order chi connectivity index (χ0) is 44.8. The quantitative estimate of drug-likeness (QED) is 0.0785. The summed E-state index contributed by atoms with van der Waals surface area (Å²) in [6, 6.07) is 20.2. The van der Waals surface area contributed by atoms with E-state index < -0.39 is 46.6 Å². The second-order valence-electron chi connectivity index (χ2n) is 17.2. The Hall–Kier alpha value is -5.67. The molecule has 4 aliphatic heterocycles. The number of nitrogens with one attached hydrogen (secondary N) is 5. The van der Waals surface area contributed by atoms with E-state index in [9.17, 15) is 28.8 Å². The Morgan fingerprint density at radius 2 is 1.69 bits per heavy atom. The van der Waals surface area contributed by atoms with Crippen LogP contribution in [0, 0.1) is 5.82 Å². The van der Waals surface area contributed by atoms with Crippen molar-refractivity contribution < 1.29 is 37.9 Å². The van der Waals surface area contributed by atoms with Gasteiger partial charge in [-0.15, -0.1) is 0 Å². The van der Waals surface area contributed by atoms with Crippen molar-refractivity contribution in [2.24, 2.45) is 0 Å². The van der Waals surface area contributed by atoms with E-state index in [1.807, 2.05) is 18.2 Å². The lowest BCUT2D eigenvalue weighted by atomic mass is 9.55. The molecule has 0 radical (unpaired) electrons. The summed E-state index contributed by atoms with van der Waals surface area (Å²) in [5.74, 6) is -3.76. The molecule has 13 nitrogen and oxygen atoms in total. The van der Waals surface area contributed by atoms with Crippen LogP contribution in [0.2, 0.25) is 10.0 Å². The Bertz CT molecular complexity index is 2570. The van der Waals surface area contributed by atoms with E-state index in [2.05, 4.69) is 26.6 Å². The molecule has 332 valence electrons. The van der Waals surface area contributed by atoms with Crippen molar-refractivity contribution in [2.45, 2.75) is 93.3 Å². The highest BCUT2D eigenvalue weighted by Gasteiger charge is 2.72. The number of halogens is 3. The van der Waals surface area contributed by atoms with Crippen LogP contribution >= 0.6 is 23.2 Å². The first kappa shape index (κ1) is 43.6. The molecule has 2 saturated heterocycles. The number of amides is 6. The zero-order valence-corrected chi connectivity index (χ0v) is 36.4. The number of aryl methyl sites for hydroxylation is 1. The number of nitrogens with zero attached hydrogens (tertiary/aromatic N) is 1. The topological polar surface area (TPSA) is 175 Å². The van der Waals surface area contributed by atoms with E-state index in [0.717, 1.165) is 30.4 Å². The molecule has 1 unspecified atom stereocenters. The van der Waals surface area contributed by atoms with Crippen molar-refractivity contribution in [1.29, 1.82) is 0 Å². The van der Waals surface area contributed by atoms with Crippen LogP contribution in [0.25, 0.3) is 0 Å². The summed E-state index contributed by atoms with van der Waals surface area (Å²) < 4.78 is 22.0. The maximum atomic E-state index is 16.2. The third-order valence-corrected chi connectivity index (χ3v) is 14.2. The van der Waals surface area contributed by atoms with Crippen molar-refractivity contribution in [3.8, 4) is 0 Å². The summed E-state index contributed by atoms with van der Waals surface area (Å²) in [5, 5.41) is 15.1. The van der Waals surface area contributed by atoms with Gasteiger partial charge in [0.15, 0.2) is 0 Å². The van der Waals surface area contributed by atoms with Crippen LogP contribution in [0.4, 0.5) is 15.8 Å². The number of carbonyl (C=O) groups is 6. The second-order valence-corrected chi connectivity index (χ2v) is 18.1. The first-order valence-corrected chi connectivity index (χ1v) is 22.5. The standard InChI is InChI=1S/C48H47Cl2FN6O7/c49-29-14-17-34-36(25-29)54-46(63)48(34)39(32-10-5-11-35(50)40(32)51)41(56-47(48)20-2-1-3-21-47)44(61)53-30-15-12-28(13-16-30)42(59)52-22-24-64-23-6-8-27-7-4-9-31-33(27)26-57(45(31)62)37-18-19-38(58)55-43(37)60/h4-5,7,9-17,25,37,39,41,56H,1-3,6,8,18-24,26H2,(H,52,59)(H,53,61)(H,54,63)(H,55,58,60)/t37?,39-,41+,48+/m0/s1. The molecule has 4 aromatic carbocycles. The number of imide groups is 1. The lowest BCUT2D eigenvalue weighted by molar-refractivity contribution is -0.137. The molecule has 4 heterocycles. The Morgan fingerprint density at radius 1 is 0.906 bits per heavy atom. The number of carbonyl (C=O) groups excluding carboxylic acids is 6. The Balaban J connectivity index is 0.813. The summed E-state index contributed by atoms with van der Waals surface area (Å²) in [6.45, 7) is 1.27. The van der Waals surface area contributed by atoms with E-state index in [4.69, 9.17) is 27.9 Å². The minimum Gasteiger partial charge on any atom is -0.380 e. The first-order valence-electron chi connectivity index (χ1n) is 21.8. The van der Waals surface area contributed by atoms with Crippen molar-refractivity contribution in [3.63, 3.8) is 0 Å². The van der Waals surface area contributed by atoms with Gasteiger partial charge in [0.05, 0.1) is 17.7 Å². The average Bonchev–Trinajstić information content (AvgIpc) is 3.88. The van der Waals surface area contributed by atoms with Crippen LogP contribution in [-0.2, 0) is 42.3 Å². The Kier molecular flexibility index (Phi) is 12.1. The number of hydrogen-bond donors (Lipinski definition) is 5. The van der Waals surface area contributed by atoms with Crippen molar-refractivity contribution in [3.05, 3.63) is 128 Å². The normalized spacial score (nSPS) is 23.2. The van der Waals surface area contributed by atoms with Gasteiger partial charge in [-0.25, -0.2) is 4.39 Å². The molecule has 64 heavy (non-hydrogen) atoms. The Labute approximate surface area is 379 Å². The van der Waals surface area contributed by atoms with Crippen LogP contribution < -0.4 is 26.6 Å². The highest BCUT2D eigenvalue weighted by molar-refractivity contribution is 6.31. The fourth-order valence-corrected chi connectivity index (χ4v) is 11.2. The van der Waals surface area contributed by atoms with E-state index in [1.54, 1.807) is 59.5 Å². The first-order chi connectivity index (χ1) is 30.9.